The summed E-state index contributed by atoms with van der Waals surface area (Å²) >= 11 is 0. The molecule has 1 atom stereocenters. The maximum atomic E-state index is 12.4. The van der Waals surface area contributed by atoms with E-state index in [2.05, 4.69) is 5.32 Å². The zero-order valence-corrected chi connectivity index (χ0v) is 15.8. The van der Waals surface area contributed by atoms with Crippen molar-refractivity contribution in [3.8, 4) is 5.75 Å². The summed E-state index contributed by atoms with van der Waals surface area (Å²) < 4.78 is 30.3. The molecular weight excluding hydrogens is 368 g/mol. The second-order valence-corrected chi connectivity index (χ2v) is 8.23. The highest BCUT2D eigenvalue weighted by Crippen LogP contribution is 2.28. The molecule has 1 fully saturated rings. The third kappa shape index (κ3) is 3.95. The van der Waals surface area contributed by atoms with Crippen LogP contribution in [0.2, 0.25) is 0 Å². The highest BCUT2D eigenvalue weighted by molar-refractivity contribution is 7.94. The molecule has 7 nitrogen and oxygen atoms in total. The summed E-state index contributed by atoms with van der Waals surface area (Å²) in [4.78, 5) is 24.6. The van der Waals surface area contributed by atoms with E-state index in [0.29, 0.717) is 6.54 Å². The summed E-state index contributed by atoms with van der Waals surface area (Å²) in [6, 6.07) is 13.3. The molecule has 2 aromatic carbocycles. The average molecular weight is 388 g/mol. The van der Waals surface area contributed by atoms with Crippen molar-refractivity contribution < 1.29 is 22.7 Å². The lowest BCUT2D eigenvalue weighted by molar-refractivity contribution is -0.119. The first-order chi connectivity index (χ1) is 12.8. The molecule has 1 aliphatic rings. The van der Waals surface area contributed by atoms with E-state index in [-0.39, 0.29) is 22.9 Å². The van der Waals surface area contributed by atoms with Gasteiger partial charge in [-0.05, 0) is 35.9 Å². The number of methoxy groups -OCH3 is 1. The van der Waals surface area contributed by atoms with Gasteiger partial charge in [-0.2, -0.15) is 0 Å². The van der Waals surface area contributed by atoms with E-state index < -0.39 is 21.8 Å². The van der Waals surface area contributed by atoms with Crippen molar-refractivity contribution in [2.75, 3.05) is 17.2 Å². The first-order valence-electron chi connectivity index (χ1n) is 8.40. The Hall–Kier alpha value is -2.87. The molecule has 1 heterocycles. The third-order valence-corrected chi connectivity index (χ3v) is 6.18. The number of sulfonamides is 1. The van der Waals surface area contributed by atoms with Crippen LogP contribution in [0, 0.1) is 5.92 Å². The van der Waals surface area contributed by atoms with Gasteiger partial charge in [-0.15, -0.1) is 0 Å². The van der Waals surface area contributed by atoms with Crippen molar-refractivity contribution in [3.05, 3.63) is 59.7 Å². The summed E-state index contributed by atoms with van der Waals surface area (Å²) in [7, 11) is -2.12. The lowest BCUT2D eigenvalue weighted by Crippen LogP contribution is -2.30. The monoisotopic (exact) mass is 388 g/mol. The zero-order valence-electron chi connectivity index (χ0n) is 15.0. The van der Waals surface area contributed by atoms with Crippen LogP contribution in [0.25, 0.3) is 0 Å². The second-order valence-electron chi connectivity index (χ2n) is 6.36. The Kier molecular flexibility index (Phi) is 5.18. The fourth-order valence-corrected chi connectivity index (χ4v) is 4.70. The van der Waals surface area contributed by atoms with Gasteiger partial charge in [0, 0.05) is 12.1 Å². The molecular formula is C19H20N2O5S. The van der Waals surface area contributed by atoms with Crippen molar-refractivity contribution in [1.82, 2.24) is 5.32 Å². The summed E-state index contributed by atoms with van der Waals surface area (Å²) in [5, 5.41) is 2.78. The third-order valence-electron chi connectivity index (χ3n) is 4.32. The summed E-state index contributed by atoms with van der Waals surface area (Å²) in [6.07, 6.45) is 0. The van der Waals surface area contributed by atoms with Crippen LogP contribution in [0.5, 0.6) is 5.75 Å². The Labute approximate surface area is 158 Å². The number of carbonyl (C=O) groups excluding carboxylic acids is 2. The van der Waals surface area contributed by atoms with Gasteiger partial charge in [-0.1, -0.05) is 25.1 Å². The molecule has 27 heavy (non-hydrogen) atoms. The SMILES string of the molecule is COc1ccc(CNC(=O)c2cccc(N3C(=O)[C@H](C)CS3(=O)=O)c2)cc1. The van der Waals surface area contributed by atoms with Gasteiger partial charge >= 0.3 is 0 Å². The smallest absolute Gasteiger partial charge is 0.251 e. The minimum Gasteiger partial charge on any atom is -0.497 e. The van der Waals surface area contributed by atoms with Crippen LogP contribution in [0.1, 0.15) is 22.8 Å². The standard InChI is InChI=1S/C19H20N2O5S/c1-13-12-27(24,25)21(19(13)23)16-5-3-4-15(10-16)18(22)20-11-14-6-8-17(26-2)9-7-14/h3-10,13H,11-12H2,1-2H3,(H,20,22)/t13-/m1/s1. The Morgan fingerprint density at radius 3 is 2.52 bits per heavy atom. The van der Waals surface area contributed by atoms with Crippen LogP contribution >= 0.6 is 0 Å². The largest absolute Gasteiger partial charge is 0.497 e. The van der Waals surface area contributed by atoms with Gasteiger partial charge < -0.3 is 10.1 Å². The molecule has 0 unspecified atom stereocenters. The molecule has 3 rings (SSSR count). The lowest BCUT2D eigenvalue weighted by Gasteiger charge is -2.16. The predicted octanol–water partition coefficient (Wildman–Crippen LogP) is 1.94. The van der Waals surface area contributed by atoms with E-state index in [0.717, 1.165) is 15.6 Å². The van der Waals surface area contributed by atoms with Crippen LogP contribution in [-0.2, 0) is 21.4 Å². The molecule has 0 aromatic heterocycles. The van der Waals surface area contributed by atoms with Gasteiger partial charge in [-0.3, -0.25) is 9.59 Å². The Morgan fingerprint density at radius 1 is 1.22 bits per heavy atom. The van der Waals surface area contributed by atoms with Crippen LogP contribution < -0.4 is 14.4 Å². The molecule has 1 aliphatic heterocycles. The van der Waals surface area contributed by atoms with E-state index in [9.17, 15) is 18.0 Å². The maximum absolute atomic E-state index is 12.4. The Bertz CT molecular complexity index is 970. The normalized spacial score (nSPS) is 18.4. The quantitative estimate of drug-likeness (QED) is 0.845. The molecule has 142 valence electrons. The molecule has 8 heteroatoms. The van der Waals surface area contributed by atoms with Crippen molar-refractivity contribution in [3.63, 3.8) is 0 Å². The number of hydrogen-bond donors (Lipinski definition) is 1. The number of anilines is 1. The van der Waals surface area contributed by atoms with Crippen LogP contribution in [0.15, 0.2) is 48.5 Å². The molecule has 2 amide bonds. The minimum absolute atomic E-state index is 0.182. The molecule has 0 spiro atoms. The topological polar surface area (TPSA) is 92.8 Å². The Morgan fingerprint density at radius 2 is 1.93 bits per heavy atom. The predicted molar refractivity (Wildman–Crippen MR) is 101 cm³/mol. The number of ether oxygens (including phenoxy) is 1. The van der Waals surface area contributed by atoms with Gasteiger partial charge in [0.05, 0.1) is 24.5 Å². The number of hydrogen-bond acceptors (Lipinski definition) is 5. The number of amides is 2. The fourth-order valence-electron chi connectivity index (χ4n) is 2.89. The number of nitrogens with one attached hydrogen (secondary N) is 1. The Balaban J connectivity index is 1.75. The van der Waals surface area contributed by atoms with Gasteiger partial charge in [0.2, 0.25) is 15.9 Å². The number of nitrogens with zero attached hydrogens (tertiary/aromatic N) is 1. The van der Waals surface area contributed by atoms with E-state index in [1.165, 1.54) is 12.1 Å². The minimum atomic E-state index is -3.70. The van der Waals surface area contributed by atoms with Crippen LogP contribution in [0.3, 0.4) is 0 Å². The zero-order chi connectivity index (χ0) is 19.6. The average Bonchev–Trinajstić information content (AvgIpc) is 2.87. The summed E-state index contributed by atoms with van der Waals surface area (Å²) in [5.74, 6) is -0.929. The van der Waals surface area contributed by atoms with Gasteiger partial charge in [0.25, 0.3) is 5.91 Å². The first kappa shape index (κ1) is 18.9. The lowest BCUT2D eigenvalue weighted by atomic mass is 10.1. The van der Waals surface area contributed by atoms with E-state index in [1.807, 2.05) is 12.1 Å². The molecule has 0 aliphatic carbocycles. The second kappa shape index (κ2) is 7.40. The maximum Gasteiger partial charge on any atom is 0.251 e. The molecule has 1 saturated heterocycles. The summed E-state index contributed by atoms with van der Waals surface area (Å²) in [6.45, 7) is 1.89. The van der Waals surface area contributed by atoms with Crippen molar-refractivity contribution >= 4 is 27.5 Å². The molecule has 0 bridgehead atoms. The molecule has 1 N–H and O–H groups in total. The number of carbonyl (C=O) groups is 2. The van der Waals surface area contributed by atoms with Gasteiger partial charge in [-0.25, -0.2) is 12.7 Å². The van der Waals surface area contributed by atoms with Crippen LogP contribution in [-0.4, -0.2) is 33.1 Å². The number of benzene rings is 2. The molecule has 0 saturated carbocycles. The van der Waals surface area contributed by atoms with Gasteiger partial charge in [0.1, 0.15) is 5.75 Å². The van der Waals surface area contributed by atoms with Crippen molar-refractivity contribution in [2.45, 2.75) is 13.5 Å². The van der Waals surface area contributed by atoms with E-state index in [1.54, 1.807) is 38.3 Å². The van der Waals surface area contributed by atoms with Gasteiger partial charge in [0.15, 0.2) is 0 Å². The van der Waals surface area contributed by atoms with Crippen molar-refractivity contribution in [1.29, 1.82) is 0 Å². The van der Waals surface area contributed by atoms with Crippen LogP contribution in [0.4, 0.5) is 5.69 Å². The highest BCUT2D eigenvalue weighted by Gasteiger charge is 2.42. The molecule has 0 radical (unpaired) electrons. The number of rotatable bonds is 5. The van der Waals surface area contributed by atoms with E-state index in [4.69, 9.17) is 4.74 Å². The molecule has 2 aromatic rings. The van der Waals surface area contributed by atoms with Crippen molar-refractivity contribution in [2.24, 2.45) is 5.92 Å². The fraction of sp³-hybridized carbons (Fsp3) is 0.263. The first-order valence-corrected chi connectivity index (χ1v) is 10.0. The summed E-state index contributed by atoms with van der Waals surface area (Å²) in [5.41, 5.74) is 1.36. The van der Waals surface area contributed by atoms with E-state index >= 15 is 0 Å². The highest BCUT2D eigenvalue weighted by atomic mass is 32.2.